The summed E-state index contributed by atoms with van der Waals surface area (Å²) in [6.45, 7) is 11.1. The quantitative estimate of drug-likeness (QED) is 0.833. The molecule has 4 nitrogen and oxygen atoms in total. The predicted molar refractivity (Wildman–Crippen MR) is 65.9 cm³/mol. The zero-order valence-corrected chi connectivity index (χ0v) is 10.7. The number of anilines is 1. The van der Waals surface area contributed by atoms with Gasteiger partial charge in [0.1, 0.15) is 0 Å². The molecule has 0 amide bonds. The lowest BCUT2D eigenvalue weighted by Gasteiger charge is -2.17. The standard InChI is InChI=1S/C12H21N3O/c1-6-13-12-14-9(4)7-11(15-12)16-10(5)8(2)3/h7-8,10H,6H2,1-5H3,(H,13,14,15). The van der Waals surface area contributed by atoms with Gasteiger partial charge in [0.2, 0.25) is 11.8 Å². The second kappa shape index (κ2) is 5.68. The van der Waals surface area contributed by atoms with E-state index in [2.05, 4.69) is 36.1 Å². The van der Waals surface area contributed by atoms with Gasteiger partial charge in [0.25, 0.3) is 0 Å². The van der Waals surface area contributed by atoms with Crippen LogP contribution in [-0.4, -0.2) is 22.6 Å². The van der Waals surface area contributed by atoms with Crippen LogP contribution in [0, 0.1) is 12.8 Å². The molecule has 0 spiro atoms. The Balaban J connectivity index is 2.79. The van der Waals surface area contributed by atoms with Crippen molar-refractivity contribution in [2.45, 2.75) is 40.7 Å². The second-order valence-electron chi connectivity index (χ2n) is 4.27. The molecule has 1 atom stereocenters. The van der Waals surface area contributed by atoms with Crippen LogP contribution in [0.15, 0.2) is 6.07 Å². The molecule has 1 heterocycles. The summed E-state index contributed by atoms with van der Waals surface area (Å²) in [7, 11) is 0. The summed E-state index contributed by atoms with van der Waals surface area (Å²) in [5.41, 5.74) is 0.914. The third kappa shape index (κ3) is 3.68. The van der Waals surface area contributed by atoms with Gasteiger partial charge in [0.05, 0.1) is 6.10 Å². The van der Waals surface area contributed by atoms with Gasteiger partial charge < -0.3 is 10.1 Å². The highest BCUT2D eigenvalue weighted by molar-refractivity contribution is 5.30. The van der Waals surface area contributed by atoms with Gasteiger partial charge in [-0.15, -0.1) is 0 Å². The monoisotopic (exact) mass is 223 g/mol. The molecule has 1 rings (SSSR count). The number of hydrogen-bond acceptors (Lipinski definition) is 4. The number of aryl methyl sites for hydroxylation is 1. The normalized spacial score (nSPS) is 12.6. The number of nitrogens with one attached hydrogen (secondary N) is 1. The Bertz CT molecular complexity index is 339. The van der Waals surface area contributed by atoms with Crippen LogP contribution >= 0.6 is 0 Å². The van der Waals surface area contributed by atoms with Crippen LogP contribution < -0.4 is 10.1 Å². The fraction of sp³-hybridized carbons (Fsp3) is 0.667. The first-order valence-electron chi connectivity index (χ1n) is 5.79. The lowest BCUT2D eigenvalue weighted by Crippen LogP contribution is -2.19. The molecule has 0 aliphatic rings. The van der Waals surface area contributed by atoms with E-state index in [-0.39, 0.29) is 6.10 Å². The van der Waals surface area contributed by atoms with Crippen molar-refractivity contribution in [2.75, 3.05) is 11.9 Å². The lowest BCUT2D eigenvalue weighted by molar-refractivity contribution is 0.163. The molecule has 0 radical (unpaired) electrons. The van der Waals surface area contributed by atoms with Gasteiger partial charge in [-0.1, -0.05) is 13.8 Å². The summed E-state index contributed by atoms with van der Waals surface area (Å²) >= 11 is 0. The van der Waals surface area contributed by atoms with Crippen molar-refractivity contribution in [1.82, 2.24) is 9.97 Å². The first-order valence-corrected chi connectivity index (χ1v) is 5.79. The summed E-state index contributed by atoms with van der Waals surface area (Å²) in [5.74, 6) is 1.75. The van der Waals surface area contributed by atoms with E-state index in [1.165, 1.54) is 0 Å². The molecule has 4 heteroatoms. The van der Waals surface area contributed by atoms with Crippen molar-refractivity contribution < 1.29 is 4.74 Å². The molecule has 1 aromatic heterocycles. The summed E-state index contributed by atoms with van der Waals surface area (Å²) < 4.78 is 5.75. The van der Waals surface area contributed by atoms with Crippen molar-refractivity contribution in [1.29, 1.82) is 0 Å². The molecule has 0 aliphatic carbocycles. The van der Waals surface area contributed by atoms with E-state index >= 15 is 0 Å². The third-order valence-electron chi connectivity index (χ3n) is 2.41. The number of hydrogen-bond donors (Lipinski definition) is 1. The van der Waals surface area contributed by atoms with Gasteiger partial charge in [-0.3, -0.25) is 0 Å². The van der Waals surface area contributed by atoms with Crippen molar-refractivity contribution in [3.63, 3.8) is 0 Å². The van der Waals surface area contributed by atoms with Crippen LogP contribution in [0.3, 0.4) is 0 Å². The number of ether oxygens (including phenoxy) is 1. The summed E-state index contributed by atoms with van der Waals surface area (Å²) in [4.78, 5) is 8.57. The van der Waals surface area contributed by atoms with Gasteiger partial charge in [0, 0.05) is 18.3 Å². The highest BCUT2D eigenvalue weighted by Gasteiger charge is 2.10. The number of aromatic nitrogens is 2. The molecule has 0 aliphatic heterocycles. The van der Waals surface area contributed by atoms with Gasteiger partial charge in [-0.2, -0.15) is 4.98 Å². The topological polar surface area (TPSA) is 47.0 Å². The minimum atomic E-state index is 0.156. The third-order valence-corrected chi connectivity index (χ3v) is 2.41. The van der Waals surface area contributed by atoms with Crippen molar-refractivity contribution in [2.24, 2.45) is 5.92 Å². The zero-order valence-electron chi connectivity index (χ0n) is 10.7. The van der Waals surface area contributed by atoms with E-state index in [0.29, 0.717) is 17.7 Å². The van der Waals surface area contributed by atoms with Crippen molar-refractivity contribution in [3.8, 4) is 5.88 Å². The van der Waals surface area contributed by atoms with E-state index < -0.39 is 0 Å². The fourth-order valence-corrected chi connectivity index (χ4v) is 1.16. The zero-order chi connectivity index (χ0) is 12.1. The average molecular weight is 223 g/mol. The minimum Gasteiger partial charge on any atom is -0.474 e. The summed E-state index contributed by atoms with van der Waals surface area (Å²) in [5, 5.41) is 3.09. The summed E-state index contributed by atoms with van der Waals surface area (Å²) in [6.07, 6.45) is 0.156. The maximum absolute atomic E-state index is 5.75. The Morgan fingerprint density at radius 2 is 2.00 bits per heavy atom. The van der Waals surface area contributed by atoms with E-state index in [0.717, 1.165) is 12.2 Å². The molecule has 0 saturated carbocycles. The molecular formula is C12H21N3O. The molecule has 1 unspecified atom stereocenters. The maximum atomic E-state index is 5.75. The van der Waals surface area contributed by atoms with E-state index in [1.54, 1.807) is 0 Å². The molecule has 16 heavy (non-hydrogen) atoms. The molecule has 90 valence electrons. The van der Waals surface area contributed by atoms with Crippen LogP contribution in [0.5, 0.6) is 5.88 Å². The Morgan fingerprint density at radius 1 is 1.31 bits per heavy atom. The molecule has 0 fully saturated rings. The molecular weight excluding hydrogens is 202 g/mol. The van der Waals surface area contributed by atoms with Gasteiger partial charge >= 0.3 is 0 Å². The largest absolute Gasteiger partial charge is 0.474 e. The molecule has 1 N–H and O–H groups in total. The average Bonchev–Trinajstić information content (AvgIpc) is 2.16. The molecule has 1 aromatic rings. The molecule has 0 aromatic carbocycles. The van der Waals surface area contributed by atoms with Crippen LogP contribution in [0.25, 0.3) is 0 Å². The SMILES string of the molecule is CCNc1nc(C)cc(OC(C)C(C)C)n1. The Hall–Kier alpha value is -1.32. The summed E-state index contributed by atoms with van der Waals surface area (Å²) in [6, 6.07) is 1.86. The van der Waals surface area contributed by atoms with E-state index in [1.807, 2.05) is 19.9 Å². The minimum absolute atomic E-state index is 0.156. The fourth-order valence-electron chi connectivity index (χ4n) is 1.16. The van der Waals surface area contributed by atoms with Gasteiger partial charge in [-0.05, 0) is 26.7 Å². The first-order chi connectivity index (χ1) is 7.52. The smallest absolute Gasteiger partial charge is 0.226 e. The highest BCUT2D eigenvalue weighted by atomic mass is 16.5. The molecule has 0 bridgehead atoms. The van der Waals surface area contributed by atoms with Crippen molar-refractivity contribution >= 4 is 5.95 Å². The van der Waals surface area contributed by atoms with E-state index in [4.69, 9.17) is 4.74 Å². The maximum Gasteiger partial charge on any atom is 0.226 e. The van der Waals surface area contributed by atoms with Gasteiger partial charge in [0.15, 0.2) is 0 Å². The lowest BCUT2D eigenvalue weighted by atomic mass is 10.1. The van der Waals surface area contributed by atoms with Crippen LogP contribution in [0.1, 0.15) is 33.4 Å². The van der Waals surface area contributed by atoms with Crippen LogP contribution in [-0.2, 0) is 0 Å². The number of rotatable bonds is 5. The van der Waals surface area contributed by atoms with Crippen LogP contribution in [0.2, 0.25) is 0 Å². The highest BCUT2D eigenvalue weighted by Crippen LogP contribution is 2.16. The molecule has 0 saturated heterocycles. The first kappa shape index (κ1) is 12.7. The Kier molecular flexibility index (Phi) is 4.52. The van der Waals surface area contributed by atoms with Crippen molar-refractivity contribution in [3.05, 3.63) is 11.8 Å². The van der Waals surface area contributed by atoms with Crippen LogP contribution in [0.4, 0.5) is 5.95 Å². The Morgan fingerprint density at radius 3 is 2.56 bits per heavy atom. The Labute approximate surface area is 97.5 Å². The van der Waals surface area contributed by atoms with E-state index in [9.17, 15) is 0 Å². The predicted octanol–water partition coefficient (Wildman–Crippen LogP) is 2.64. The second-order valence-corrected chi connectivity index (χ2v) is 4.27. The van der Waals surface area contributed by atoms with Gasteiger partial charge in [-0.25, -0.2) is 4.98 Å². The number of nitrogens with zero attached hydrogens (tertiary/aromatic N) is 2.